The lowest BCUT2D eigenvalue weighted by Gasteiger charge is -2.26. The second-order valence-corrected chi connectivity index (χ2v) is 9.25. The molecule has 0 aromatic heterocycles. The number of hydrogen-bond donors (Lipinski definition) is 1. The van der Waals surface area contributed by atoms with Gasteiger partial charge in [0.2, 0.25) is 10.0 Å². The van der Waals surface area contributed by atoms with Gasteiger partial charge in [-0.05, 0) is 42.0 Å². The molecule has 0 amide bonds. The standard InChI is InChI=1S/C23H22N4O6S/c28-27(29)23-16-21(34(30,31)26-11-13-32-14-12-26)9-10-22(23)25-24-17-18-5-4-8-20(15-18)33-19-6-2-1-3-7-19/h1-10,15-17,25H,11-14H2. The number of ether oxygens (including phenoxy) is 2. The molecular formula is C23H22N4O6S. The summed E-state index contributed by atoms with van der Waals surface area (Å²) in [5, 5.41) is 15.7. The van der Waals surface area contributed by atoms with E-state index in [1.807, 2.05) is 30.3 Å². The van der Waals surface area contributed by atoms with Gasteiger partial charge in [0, 0.05) is 19.2 Å². The minimum atomic E-state index is -3.86. The Hall–Kier alpha value is -3.80. The lowest BCUT2D eigenvalue weighted by atomic mass is 10.2. The predicted octanol–water partition coefficient (Wildman–Crippen LogP) is 3.85. The minimum absolute atomic E-state index is 0.0684. The van der Waals surface area contributed by atoms with Crippen LogP contribution in [-0.2, 0) is 14.8 Å². The van der Waals surface area contributed by atoms with E-state index < -0.39 is 20.6 Å². The van der Waals surface area contributed by atoms with Crippen LogP contribution in [0.25, 0.3) is 0 Å². The molecule has 0 spiro atoms. The maximum Gasteiger partial charge on any atom is 0.295 e. The van der Waals surface area contributed by atoms with Gasteiger partial charge in [0.05, 0.1) is 29.2 Å². The first-order valence-electron chi connectivity index (χ1n) is 10.4. The first-order valence-corrected chi connectivity index (χ1v) is 11.9. The average molecular weight is 483 g/mol. The number of nitrogens with one attached hydrogen (secondary N) is 1. The molecule has 4 rings (SSSR count). The lowest BCUT2D eigenvalue weighted by molar-refractivity contribution is -0.384. The van der Waals surface area contributed by atoms with Gasteiger partial charge in [-0.3, -0.25) is 15.5 Å². The Kier molecular flexibility index (Phi) is 7.16. The maximum atomic E-state index is 12.8. The van der Waals surface area contributed by atoms with Gasteiger partial charge in [0.25, 0.3) is 5.69 Å². The lowest BCUT2D eigenvalue weighted by Crippen LogP contribution is -2.40. The third kappa shape index (κ3) is 5.57. The van der Waals surface area contributed by atoms with Crippen LogP contribution in [-0.4, -0.2) is 50.2 Å². The van der Waals surface area contributed by atoms with Crippen molar-refractivity contribution in [3.63, 3.8) is 0 Å². The fourth-order valence-electron chi connectivity index (χ4n) is 3.31. The summed E-state index contributed by atoms with van der Waals surface area (Å²) < 4.78 is 37.9. The number of anilines is 1. The van der Waals surface area contributed by atoms with Crippen molar-refractivity contribution in [1.29, 1.82) is 0 Å². The molecule has 0 radical (unpaired) electrons. The average Bonchev–Trinajstić information content (AvgIpc) is 2.85. The molecule has 176 valence electrons. The van der Waals surface area contributed by atoms with Gasteiger partial charge < -0.3 is 9.47 Å². The molecule has 0 atom stereocenters. The Morgan fingerprint density at radius 1 is 1.00 bits per heavy atom. The van der Waals surface area contributed by atoms with Crippen molar-refractivity contribution in [2.24, 2.45) is 5.10 Å². The molecule has 1 fully saturated rings. The minimum Gasteiger partial charge on any atom is -0.457 e. The van der Waals surface area contributed by atoms with E-state index in [0.29, 0.717) is 17.1 Å². The van der Waals surface area contributed by atoms with E-state index in [1.54, 1.807) is 24.3 Å². The molecule has 1 saturated heterocycles. The molecule has 11 heteroatoms. The van der Waals surface area contributed by atoms with E-state index in [4.69, 9.17) is 9.47 Å². The number of nitrogens with zero attached hydrogens (tertiary/aromatic N) is 3. The summed E-state index contributed by atoms with van der Waals surface area (Å²) in [6.07, 6.45) is 1.49. The summed E-state index contributed by atoms with van der Waals surface area (Å²) >= 11 is 0. The molecule has 0 unspecified atom stereocenters. The number of para-hydroxylation sites is 1. The fourth-order valence-corrected chi connectivity index (χ4v) is 4.74. The topological polar surface area (TPSA) is 123 Å². The van der Waals surface area contributed by atoms with E-state index in [-0.39, 0.29) is 36.9 Å². The van der Waals surface area contributed by atoms with Crippen molar-refractivity contribution in [2.75, 3.05) is 31.7 Å². The zero-order valence-corrected chi connectivity index (χ0v) is 18.8. The number of rotatable bonds is 8. The summed E-state index contributed by atoms with van der Waals surface area (Å²) in [6, 6.07) is 20.2. The highest BCUT2D eigenvalue weighted by Gasteiger charge is 2.28. The highest BCUT2D eigenvalue weighted by molar-refractivity contribution is 7.89. The Morgan fingerprint density at radius 3 is 2.47 bits per heavy atom. The van der Waals surface area contributed by atoms with Crippen molar-refractivity contribution in [1.82, 2.24) is 4.31 Å². The van der Waals surface area contributed by atoms with E-state index in [0.717, 1.165) is 6.07 Å². The summed E-state index contributed by atoms with van der Waals surface area (Å²) in [6.45, 7) is 0.974. The molecule has 34 heavy (non-hydrogen) atoms. The van der Waals surface area contributed by atoms with Gasteiger partial charge in [-0.1, -0.05) is 30.3 Å². The third-order valence-electron chi connectivity index (χ3n) is 5.01. The van der Waals surface area contributed by atoms with Crippen molar-refractivity contribution in [3.05, 3.63) is 88.5 Å². The smallest absolute Gasteiger partial charge is 0.295 e. The van der Waals surface area contributed by atoms with Crippen LogP contribution in [0.3, 0.4) is 0 Å². The molecule has 1 N–H and O–H groups in total. The van der Waals surface area contributed by atoms with Crippen LogP contribution in [0.1, 0.15) is 5.56 Å². The van der Waals surface area contributed by atoms with Crippen LogP contribution in [0.15, 0.2) is 82.8 Å². The summed E-state index contributed by atoms with van der Waals surface area (Å²) in [5.41, 5.74) is 3.01. The highest BCUT2D eigenvalue weighted by atomic mass is 32.2. The van der Waals surface area contributed by atoms with Gasteiger partial charge in [0.15, 0.2) is 0 Å². The fraction of sp³-hybridized carbons (Fsp3) is 0.174. The second kappa shape index (κ2) is 10.4. The Bertz CT molecular complexity index is 1290. The van der Waals surface area contributed by atoms with Gasteiger partial charge in [0.1, 0.15) is 17.2 Å². The molecule has 10 nitrogen and oxygen atoms in total. The zero-order valence-electron chi connectivity index (χ0n) is 18.0. The molecule has 1 heterocycles. The van der Waals surface area contributed by atoms with Crippen LogP contribution >= 0.6 is 0 Å². The maximum absolute atomic E-state index is 12.8. The van der Waals surface area contributed by atoms with Gasteiger partial charge in [-0.15, -0.1) is 0 Å². The van der Waals surface area contributed by atoms with Gasteiger partial charge in [-0.25, -0.2) is 8.42 Å². The number of nitro benzene ring substituents is 1. The van der Waals surface area contributed by atoms with E-state index in [2.05, 4.69) is 10.5 Å². The molecule has 0 saturated carbocycles. The first-order chi connectivity index (χ1) is 16.4. The number of benzene rings is 3. The van der Waals surface area contributed by atoms with E-state index in [1.165, 1.54) is 22.7 Å². The number of nitro groups is 1. The van der Waals surface area contributed by atoms with Crippen LogP contribution in [0.5, 0.6) is 11.5 Å². The van der Waals surface area contributed by atoms with Crippen molar-refractivity contribution in [3.8, 4) is 11.5 Å². The van der Waals surface area contributed by atoms with Gasteiger partial charge >= 0.3 is 0 Å². The van der Waals surface area contributed by atoms with Crippen molar-refractivity contribution < 1.29 is 22.8 Å². The molecule has 0 bridgehead atoms. The van der Waals surface area contributed by atoms with Crippen LogP contribution in [0, 0.1) is 10.1 Å². The molecule has 1 aliphatic heterocycles. The monoisotopic (exact) mass is 482 g/mol. The molecular weight excluding hydrogens is 460 g/mol. The molecule has 3 aromatic carbocycles. The number of morpholine rings is 1. The highest BCUT2D eigenvalue weighted by Crippen LogP contribution is 2.29. The van der Waals surface area contributed by atoms with Crippen LogP contribution in [0.4, 0.5) is 11.4 Å². The van der Waals surface area contributed by atoms with Crippen LogP contribution < -0.4 is 10.2 Å². The largest absolute Gasteiger partial charge is 0.457 e. The first kappa shape index (κ1) is 23.4. The Morgan fingerprint density at radius 2 is 1.74 bits per heavy atom. The van der Waals surface area contributed by atoms with Crippen LogP contribution in [0.2, 0.25) is 0 Å². The summed E-state index contributed by atoms with van der Waals surface area (Å²) in [5.74, 6) is 1.30. The quantitative estimate of drug-likeness (QED) is 0.294. The normalized spacial score (nSPS) is 14.7. The molecule has 1 aliphatic rings. The van der Waals surface area contributed by atoms with E-state index in [9.17, 15) is 18.5 Å². The second-order valence-electron chi connectivity index (χ2n) is 7.31. The van der Waals surface area contributed by atoms with Gasteiger partial charge in [-0.2, -0.15) is 9.41 Å². The SMILES string of the molecule is O=[N+]([O-])c1cc(S(=O)(=O)N2CCOCC2)ccc1NN=Cc1cccc(Oc2ccccc2)c1. The summed E-state index contributed by atoms with van der Waals surface area (Å²) in [7, 11) is -3.86. The Balaban J connectivity index is 1.49. The van der Waals surface area contributed by atoms with Crippen molar-refractivity contribution >= 4 is 27.6 Å². The van der Waals surface area contributed by atoms with E-state index >= 15 is 0 Å². The number of sulfonamides is 1. The Labute approximate surface area is 196 Å². The number of hydrazone groups is 1. The van der Waals surface area contributed by atoms with Crippen molar-refractivity contribution in [2.45, 2.75) is 4.90 Å². The number of hydrogen-bond acceptors (Lipinski definition) is 8. The third-order valence-corrected chi connectivity index (χ3v) is 6.90. The zero-order chi connectivity index (χ0) is 24.0. The molecule has 3 aromatic rings. The molecule has 0 aliphatic carbocycles. The summed E-state index contributed by atoms with van der Waals surface area (Å²) in [4.78, 5) is 10.8. The predicted molar refractivity (Wildman–Crippen MR) is 127 cm³/mol.